The van der Waals surface area contributed by atoms with E-state index in [1.54, 1.807) is 0 Å². The molecule has 0 saturated carbocycles. The number of nitrogens with zero attached hydrogens (tertiary/aromatic N) is 2. The summed E-state index contributed by atoms with van der Waals surface area (Å²) < 4.78 is 2.10. The van der Waals surface area contributed by atoms with E-state index in [0.717, 1.165) is 13.0 Å². The first-order valence-corrected chi connectivity index (χ1v) is 5.74. The molecule has 0 bridgehead atoms. The molecule has 0 aliphatic carbocycles. The Labute approximate surface area is 88.5 Å². The Balaban J connectivity index is 2.80. The van der Waals surface area contributed by atoms with E-state index in [1.807, 2.05) is 6.20 Å². The van der Waals surface area contributed by atoms with Crippen LogP contribution in [0.2, 0.25) is 0 Å². The van der Waals surface area contributed by atoms with E-state index < -0.39 is 0 Å². The van der Waals surface area contributed by atoms with Gasteiger partial charge in [0, 0.05) is 29.2 Å². The second-order valence-corrected chi connectivity index (χ2v) is 4.89. The third-order valence-electron chi connectivity index (χ3n) is 2.34. The molecule has 1 aromatic rings. The van der Waals surface area contributed by atoms with Crippen LogP contribution >= 0.6 is 15.9 Å². The van der Waals surface area contributed by atoms with Gasteiger partial charge >= 0.3 is 0 Å². The minimum absolute atomic E-state index is 0.500. The highest BCUT2D eigenvalue weighted by atomic mass is 79.9. The lowest BCUT2D eigenvalue weighted by Gasteiger charge is -2.15. The molecule has 2 nitrogen and oxygen atoms in total. The number of hydrogen-bond acceptors (Lipinski definition) is 1. The van der Waals surface area contributed by atoms with Crippen LogP contribution < -0.4 is 0 Å². The summed E-state index contributed by atoms with van der Waals surface area (Å²) in [6, 6.07) is 2.11. The number of alkyl halides is 1. The maximum Gasteiger partial charge on any atom is 0.0492 e. The molecule has 74 valence electrons. The molecule has 3 heteroatoms. The van der Waals surface area contributed by atoms with Crippen LogP contribution in [0.3, 0.4) is 0 Å². The number of aromatic nitrogens is 2. The first kappa shape index (κ1) is 10.8. The smallest absolute Gasteiger partial charge is 0.0492 e. The molecule has 0 fully saturated rings. The van der Waals surface area contributed by atoms with Crippen LogP contribution in [0, 0.1) is 0 Å². The first-order valence-electron chi connectivity index (χ1n) is 4.82. The Morgan fingerprint density at radius 2 is 2.23 bits per heavy atom. The molecule has 0 N–H and O–H groups in total. The zero-order valence-corrected chi connectivity index (χ0v) is 10.1. The van der Waals surface area contributed by atoms with Crippen LogP contribution in [-0.2, 0) is 6.54 Å². The Morgan fingerprint density at radius 3 is 2.77 bits per heavy atom. The molecular formula is C10H17BrN2. The van der Waals surface area contributed by atoms with E-state index in [1.165, 1.54) is 5.69 Å². The lowest BCUT2D eigenvalue weighted by Crippen LogP contribution is -2.12. The number of aryl methyl sites for hydroxylation is 1. The van der Waals surface area contributed by atoms with Crippen molar-refractivity contribution in [2.75, 3.05) is 0 Å². The zero-order chi connectivity index (χ0) is 9.84. The van der Waals surface area contributed by atoms with Gasteiger partial charge in [-0.25, -0.2) is 0 Å². The van der Waals surface area contributed by atoms with Gasteiger partial charge in [0.05, 0.1) is 0 Å². The SMILES string of the molecule is CCCn1nccc1C(C)C(C)Br. The van der Waals surface area contributed by atoms with Crippen molar-refractivity contribution in [1.29, 1.82) is 0 Å². The Kier molecular flexibility index (Phi) is 3.97. The summed E-state index contributed by atoms with van der Waals surface area (Å²) >= 11 is 3.61. The van der Waals surface area contributed by atoms with E-state index in [-0.39, 0.29) is 0 Å². The monoisotopic (exact) mass is 244 g/mol. The molecule has 0 amide bonds. The number of halogens is 1. The molecule has 0 radical (unpaired) electrons. The fourth-order valence-electron chi connectivity index (χ4n) is 1.36. The van der Waals surface area contributed by atoms with Crippen LogP contribution in [0.25, 0.3) is 0 Å². The van der Waals surface area contributed by atoms with Crippen LogP contribution in [0.4, 0.5) is 0 Å². The average Bonchev–Trinajstić information content (AvgIpc) is 2.52. The van der Waals surface area contributed by atoms with Crippen LogP contribution in [0.15, 0.2) is 12.3 Å². The van der Waals surface area contributed by atoms with Crippen molar-refractivity contribution >= 4 is 15.9 Å². The maximum atomic E-state index is 4.31. The van der Waals surface area contributed by atoms with E-state index >= 15 is 0 Å². The van der Waals surface area contributed by atoms with Gasteiger partial charge in [-0.15, -0.1) is 0 Å². The van der Waals surface area contributed by atoms with E-state index in [4.69, 9.17) is 0 Å². The summed E-state index contributed by atoms with van der Waals surface area (Å²) in [4.78, 5) is 0.500. The van der Waals surface area contributed by atoms with Crippen LogP contribution in [-0.4, -0.2) is 14.6 Å². The molecule has 1 aromatic heterocycles. The van der Waals surface area contributed by atoms with Crippen LogP contribution in [0.5, 0.6) is 0 Å². The predicted molar refractivity (Wildman–Crippen MR) is 59.3 cm³/mol. The van der Waals surface area contributed by atoms with Gasteiger partial charge in [-0.1, -0.05) is 36.7 Å². The summed E-state index contributed by atoms with van der Waals surface area (Å²) in [6.45, 7) is 7.59. The third kappa shape index (κ3) is 2.56. The molecular weight excluding hydrogens is 228 g/mol. The largest absolute Gasteiger partial charge is 0.269 e. The fraction of sp³-hybridized carbons (Fsp3) is 0.700. The predicted octanol–water partition coefficient (Wildman–Crippen LogP) is 3.18. The summed E-state index contributed by atoms with van der Waals surface area (Å²) in [7, 11) is 0. The highest BCUT2D eigenvalue weighted by Gasteiger charge is 2.15. The average molecular weight is 245 g/mol. The highest BCUT2D eigenvalue weighted by molar-refractivity contribution is 9.09. The minimum Gasteiger partial charge on any atom is -0.269 e. The lowest BCUT2D eigenvalue weighted by molar-refractivity contribution is 0.546. The second-order valence-electron chi connectivity index (χ2n) is 3.45. The first-order chi connectivity index (χ1) is 6.16. The molecule has 0 saturated heterocycles. The van der Waals surface area contributed by atoms with Gasteiger partial charge in [0.25, 0.3) is 0 Å². The van der Waals surface area contributed by atoms with Crippen molar-refractivity contribution in [3.8, 4) is 0 Å². The summed E-state index contributed by atoms with van der Waals surface area (Å²) in [5.74, 6) is 0.522. The summed E-state index contributed by atoms with van der Waals surface area (Å²) in [6.07, 6.45) is 3.02. The Bertz CT molecular complexity index is 255. The van der Waals surface area contributed by atoms with Gasteiger partial charge in [0.1, 0.15) is 0 Å². The van der Waals surface area contributed by atoms with Crippen molar-refractivity contribution < 1.29 is 0 Å². The molecule has 0 spiro atoms. The lowest BCUT2D eigenvalue weighted by atomic mass is 10.1. The molecule has 0 aliphatic heterocycles. The molecule has 2 atom stereocenters. The third-order valence-corrected chi connectivity index (χ3v) is 3.13. The van der Waals surface area contributed by atoms with Crippen molar-refractivity contribution in [3.05, 3.63) is 18.0 Å². The summed E-state index contributed by atoms with van der Waals surface area (Å²) in [5.41, 5.74) is 1.33. The number of hydrogen-bond donors (Lipinski definition) is 0. The van der Waals surface area contributed by atoms with Crippen LogP contribution in [0.1, 0.15) is 38.8 Å². The quantitative estimate of drug-likeness (QED) is 0.745. The van der Waals surface area contributed by atoms with Gasteiger partial charge < -0.3 is 0 Å². The van der Waals surface area contributed by atoms with E-state index in [2.05, 4.69) is 52.5 Å². The normalized spacial score (nSPS) is 15.7. The van der Waals surface area contributed by atoms with Gasteiger partial charge in [-0.2, -0.15) is 5.10 Å². The number of rotatable bonds is 4. The van der Waals surface area contributed by atoms with Crippen molar-refractivity contribution in [2.45, 2.75) is 44.5 Å². The Morgan fingerprint density at radius 1 is 1.54 bits per heavy atom. The molecule has 1 heterocycles. The summed E-state index contributed by atoms with van der Waals surface area (Å²) in [5, 5.41) is 4.31. The van der Waals surface area contributed by atoms with E-state index in [9.17, 15) is 0 Å². The molecule has 13 heavy (non-hydrogen) atoms. The van der Waals surface area contributed by atoms with Crippen molar-refractivity contribution in [1.82, 2.24) is 9.78 Å². The van der Waals surface area contributed by atoms with Gasteiger partial charge in [-0.3, -0.25) is 4.68 Å². The minimum atomic E-state index is 0.500. The Hall–Kier alpha value is -0.310. The fourth-order valence-corrected chi connectivity index (χ4v) is 1.63. The maximum absolute atomic E-state index is 4.31. The molecule has 0 aliphatic rings. The highest BCUT2D eigenvalue weighted by Crippen LogP contribution is 2.23. The van der Waals surface area contributed by atoms with Gasteiger partial charge in [0.2, 0.25) is 0 Å². The molecule has 1 rings (SSSR count). The van der Waals surface area contributed by atoms with Crippen molar-refractivity contribution in [3.63, 3.8) is 0 Å². The topological polar surface area (TPSA) is 17.8 Å². The molecule has 0 aromatic carbocycles. The van der Waals surface area contributed by atoms with Gasteiger partial charge in [0.15, 0.2) is 0 Å². The van der Waals surface area contributed by atoms with Gasteiger partial charge in [-0.05, 0) is 12.5 Å². The van der Waals surface area contributed by atoms with E-state index in [0.29, 0.717) is 10.7 Å². The second kappa shape index (κ2) is 4.80. The standard InChI is InChI=1S/C10H17BrN2/c1-4-7-13-10(5-6-12-13)8(2)9(3)11/h5-6,8-9H,4,7H2,1-3H3. The van der Waals surface area contributed by atoms with Crippen molar-refractivity contribution in [2.24, 2.45) is 0 Å². The zero-order valence-electron chi connectivity index (χ0n) is 8.50. The molecule has 2 unspecified atom stereocenters.